The van der Waals surface area contributed by atoms with E-state index in [2.05, 4.69) is 20.8 Å². The Hall–Kier alpha value is -1.51. The summed E-state index contributed by atoms with van der Waals surface area (Å²) in [5.41, 5.74) is 2.73. The molecule has 0 saturated carbocycles. The molecule has 0 fully saturated rings. The van der Waals surface area contributed by atoms with Crippen LogP contribution in [0.25, 0.3) is 0 Å². The SMILES string of the molecule is CCCCCCCCCCCCc1c(C(=O)O)cc(CCC(C)C)c(O)c1C. The van der Waals surface area contributed by atoms with Crippen LogP contribution in [0.2, 0.25) is 0 Å². The van der Waals surface area contributed by atoms with Gasteiger partial charge in [0, 0.05) is 0 Å². The summed E-state index contributed by atoms with van der Waals surface area (Å²) in [5.74, 6) is -0.0528. The van der Waals surface area contributed by atoms with E-state index < -0.39 is 5.97 Å². The molecule has 0 aliphatic heterocycles. The Kier molecular flexibility index (Phi) is 11.9. The van der Waals surface area contributed by atoms with Gasteiger partial charge in [0.1, 0.15) is 5.75 Å². The topological polar surface area (TPSA) is 57.5 Å². The van der Waals surface area contributed by atoms with Crippen LogP contribution in [0.1, 0.15) is 118 Å². The molecule has 3 nitrogen and oxygen atoms in total. The average Bonchev–Trinajstić information content (AvgIpc) is 2.65. The molecule has 3 heteroatoms. The summed E-state index contributed by atoms with van der Waals surface area (Å²) in [5, 5.41) is 20.2. The maximum absolute atomic E-state index is 11.8. The van der Waals surface area contributed by atoms with E-state index >= 15 is 0 Å². The lowest BCUT2D eigenvalue weighted by Crippen LogP contribution is -2.08. The molecule has 0 radical (unpaired) electrons. The Morgan fingerprint density at radius 1 is 0.929 bits per heavy atom. The fraction of sp³-hybridized carbons (Fsp3) is 0.720. The summed E-state index contributed by atoms with van der Waals surface area (Å²) in [6, 6.07) is 1.71. The van der Waals surface area contributed by atoms with Crippen molar-refractivity contribution < 1.29 is 15.0 Å². The van der Waals surface area contributed by atoms with Gasteiger partial charge in [0.2, 0.25) is 0 Å². The first-order chi connectivity index (χ1) is 13.4. The molecular weight excluding hydrogens is 348 g/mol. The van der Waals surface area contributed by atoms with Gasteiger partial charge >= 0.3 is 5.97 Å². The van der Waals surface area contributed by atoms with Crippen molar-refractivity contribution in [3.63, 3.8) is 0 Å². The van der Waals surface area contributed by atoms with E-state index in [1.54, 1.807) is 6.07 Å². The van der Waals surface area contributed by atoms with Crippen LogP contribution in [0.3, 0.4) is 0 Å². The molecule has 0 saturated heterocycles. The third-order valence-electron chi connectivity index (χ3n) is 5.76. The lowest BCUT2D eigenvalue weighted by atomic mass is 9.90. The van der Waals surface area contributed by atoms with Gasteiger partial charge in [-0.1, -0.05) is 78.6 Å². The number of aromatic hydroxyl groups is 1. The number of aryl methyl sites for hydroxylation is 1. The fourth-order valence-corrected chi connectivity index (χ4v) is 3.85. The van der Waals surface area contributed by atoms with Crippen molar-refractivity contribution in [1.29, 1.82) is 0 Å². The Morgan fingerprint density at radius 3 is 1.96 bits per heavy atom. The predicted octanol–water partition coefficient (Wildman–Crippen LogP) is 7.45. The van der Waals surface area contributed by atoms with E-state index in [0.29, 0.717) is 17.2 Å². The third kappa shape index (κ3) is 8.67. The molecule has 0 aromatic heterocycles. The van der Waals surface area contributed by atoms with Gasteiger partial charge in [0.05, 0.1) is 5.56 Å². The minimum atomic E-state index is -0.879. The van der Waals surface area contributed by atoms with Gasteiger partial charge in [-0.05, 0) is 61.3 Å². The molecule has 0 atom stereocenters. The van der Waals surface area contributed by atoms with Crippen LogP contribution < -0.4 is 0 Å². The Morgan fingerprint density at radius 2 is 1.46 bits per heavy atom. The summed E-state index contributed by atoms with van der Waals surface area (Å²) in [4.78, 5) is 11.8. The van der Waals surface area contributed by atoms with Crippen molar-refractivity contribution in [1.82, 2.24) is 0 Å². The second-order valence-electron chi connectivity index (χ2n) is 8.71. The normalized spacial score (nSPS) is 11.3. The second-order valence-corrected chi connectivity index (χ2v) is 8.71. The molecule has 160 valence electrons. The van der Waals surface area contributed by atoms with E-state index in [-0.39, 0.29) is 0 Å². The zero-order valence-corrected chi connectivity index (χ0v) is 18.6. The number of rotatable bonds is 15. The second kappa shape index (κ2) is 13.6. The highest BCUT2D eigenvalue weighted by Crippen LogP contribution is 2.31. The molecule has 1 aromatic rings. The van der Waals surface area contributed by atoms with Crippen molar-refractivity contribution in [2.75, 3.05) is 0 Å². The molecule has 0 spiro atoms. The highest BCUT2D eigenvalue weighted by atomic mass is 16.4. The molecule has 1 rings (SSSR count). The standard InChI is InChI=1S/C25H42O3/c1-5-6-7-8-9-10-11-12-13-14-15-22-20(4)24(26)21(17-16-19(2)3)18-23(22)25(27)28/h18-19,26H,5-17H2,1-4H3,(H,27,28). The largest absolute Gasteiger partial charge is 0.507 e. The summed E-state index contributed by atoms with van der Waals surface area (Å²) in [7, 11) is 0. The van der Waals surface area contributed by atoms with E-state index in [0.717, 1.165) is 48.8 Å². The summed E-state index contributed by atoms with van der Waals surface area (Å²) in [6.07, 6.45) is 15.1. The van der Waals surface area contributed by atoms with E-state index in [1.165, 1.54) is 51.4 Å². The van der Waals surface area contributed by atoms with Gasteiger partial charge in [-0.2, -0.15) is 0 Å². The molecule has 2 N–H and O–H groups in total. The molecule has 0 bridgehead atoms. The number of hydrogen-bond donors (Lipinski definition) is 2. The zero-order chi connectivity index (χ0) is 20.9. The minimum Gasteiger partial charge on any atom is -0.507 e. The van der Waals surface area contributed by atoms with Crippen molar-refractivity contribution in [3.05, 3.63) is 28.3 Å². The average molecular weight is 391 g/mol. The molecule has 1 aromatic carbocycles. The van der Waals surface area contributed by atoms with Crippen LogP contribution in [0.4, 0.5) is 0 Å². The molecule has 0 heterocycles. The quantitative estimate of drug-likeness (QED) is 0.306. The zero-order valence-electron chi connectivity index (χ0n) is 18.6. The highest BCUT2D eigenvalue weighted by Gasteiger charge is 2.18. The maximum atomic E-state index is 11.8. The lowest BCUT2D eigenvalue weighted by molar-refractivity contribution is 0.0695. The lowest BCUT2D eigenvalue weighted by Gasteiger charge is -2.16. The van der Waals surface area contributed by atoms with Crippen molar-refractivity contribution in [2.24, 2.45) is 5.92 Å². The molecular formula is C25H42O3. The number of hydrogen-bond acceptors (Lipinski definition) is 2. The van der Waals surface area contributed by atoms with Gasteiger partial charge in [-0.3, -0.25) is 0 Å². The molecule has 0 aliphatic carbocycles. The van der Waals surface area contributed by atoms with Crippen LogP contribution in [-0.2, 0) is 12.8 Å². The molecule has 0 unspecified atom stereocenters. The smallest absolute Gasteiger partial charge is 0.335 e. The van der Waals surface area contributed by atoms with Gasteiger partial charge < -0.3 is 10.2 Å². The van der Waals surface area contributed by atoms with Gasteiger partial charge in [0.25, 0.3) is 0 Å². The monoisotopic (exact) mass is 390 g/mol. The first-order valence-corrected chi connectivity index (χ1v) is 11.5. The van der Waals surface area contributed by atoms with E-state index in [1.807, 2.05) is 6.92 Å². The van der Waals surface area contributed by atoms with E-state index in [4.69, 9.17) is 0 Å². The van der Waals surface area contributed by atoms with Crippen LogP contribution in [0, 0.1) is 12.8 Å². The third-order valence-corrected chi connectivity index (χ3v) is 5.76. The molecule has 28 heavy (non-hydrogen) atoms. The maximum Gasteiger partial charge on any atom is 0.335 e. The minimum absolute atomic E-state index is 0.299. The van der Waals surface area contributed by atoms with Crippen LogP contribution in [-0.4, -0.2) is 16.2 Å². The number of carboxylic acid groups (broad SMARTS) is 1. The van der Waals surface area contributed by atoms with Crippen molar-refractivity contribution >= 4 is 5.97 Å². The summed E-state index contributed by atoms with van der Waals surface area (Å²) in [6.45, 7) is 8.39. The van der Waals surface area contributed by atoms with Crippen LogP contribution in [0.5, 0.6) is 5.75 Å². The van der Waals surface area contributed by atoms with Crippen LogP contribution >= 0.6 is 0 Å². The highest BCUT2D eigenvalue weighted by molar-refractivity contribution is 5.90. The Balaban J connectivity index is 2.53. The summed E-state index contributed by atoms with van der Waals surface area (Å²) < 4.78 is 0. The predicted molar refractivity (Wildman–Crippen MR) is 119 cm³/mol. The van der Waals surface area contributed by atoms with Crippen LogP contribution in [0.15, 0.2) is 6.07 Å². The number of aromatic carboxylic acids is 1. The van der Waals surface area contributed by atoms with Gasteiger partial charge in [0.15, 0.2) is 0 Å². The fourth-order valence-electron chi connectivity index (χ4n) is 3.85. The number of carbonyl (C=O) groups is 1. The molecule has 0 aliphatic rings. The first kappa shape index (κ1) is 24.5. The Bertz CT molecular complexity index is 590. The Labute approximate surface area is 172 Å². The number of benzene rings is 1. The molecule has 0 amide bonds. The first-order valence-electron chi connectivity index (χ1n) is 11.5. The number of unbranched alkanes of at least 4 members (excludes halogenated alkanes) is 9. The van der Waals surface area contributed by atoms with Crippen molar-refractivity contribution in [2.45, 2.75) is 111 Å². The summed E-state index contributed by atoms with van der Waals surface area (Å²) >= 11 is 0. The van der Waals surface area contributed by atoms with Gasteiger partial charge in [-0.15, -0.1) is 0 Å². The van der Waals surface area contributed by atoms with Gasteiger partial charge in [-0.25, -0.2) is 4.79 Å². The van der Waals surface area contributed by atoms with E-state index in [9.17, 15) is 15.0 Å². The number of phenolic OH excluding ortho intramolecular Hbond substituents is 1. The number of carboxylic acids is 1. The number of phenols is 1. The van der Waals surface area contributed by atoms with Crippen molar-refractivity contribution in [3.8, 4) is 5.75 Å².